The van der Waals surface area contributed by atoms with E-state index in [1.807, 2.05) is 41.3 Å². The minimum Gasteiger partial charge on any atom is -0.393 e. The second kappa shape index (κ2) is 5.17. The summed E-state index contributed by atoms with van der Waals surface area (Å²) in [6.45, 7) is 0.307. The minimum absolute atomic E-state index is 0.183. The number of pyridine rings is 2. The van der Waals surface area contributed by atoms with Gasteiger partial charge in [0.25, 0.3) is 0 Å². The second-order valence-electron chi connectivity index (χ2n) is 5.08. The van der Waals surface area contributed by atoms with Crippen LogP contribution < -0.4 is 4.90 Å². The molecule has 0 saturated carbocycles. The normalized spacial score (nSPS) is 22.2. The molecule has 3 heterocycles. The van der Waals surface area contributed by atoms with Gasteiger partial charge in [-0.3, -0.25) is 4.98 Å². The van der Waals surface area contributed by atoms with E-state index in [0.29, 0.717) is 13.0 Å². The first kappa shape index (κ1) is 13.0. The topological polar surface area (TPSA) is 49.2 Å². The zero-order chi connectivity index (χ0) is 14.0. The molecule has 1 fully saturated rings. The van der Waals surface area contributed by atoms with Crippen molar-refractivity contribution in [2.24, 2.45) is 0 Å². The number of nitrogens with zero attached hydrogens (tertiary/aromatic N) is 3. The quantitative estimate of drug-likeness (QED) is 0.930. The van der Waals surface area contributed by atoms with Crippen LogP contribution in [0.15, 0.2) is 42.6 Å². The van der Waals surface area contributed by atoms with Crippen LogP contribution in [0.5, 0.6) is 0 Å². The van der Waals surface area contributed by atoms with Crippen molar-refractivity contribution in [3.05, 3.63) is 42.6 Å². The van der Waals surface area contributed by atoms with E-state index < -0.39 is 12.3 Å². The number of halogens is 1. The summed E-state index contributed by atoms with van der Waals surface area (Å²) in [7, 11) is 0. The Kier molecular flexibility index (Phi) is 3.36. The van der Waals surface area contributed by atoms with Crippen LogP contribution in [0, 0.1) is 0 Å². The Bertz CT molecular complexity index is 593. The number of anilines is 1. The highest BCUT2D eigenvalue weighted by Crippen LogP contribution is 2.29. The van der Waals surface area contributed by atoms with Gasteiger partial charge in [0.1, 0.15) is 5.82 Å². The van der Waals surface area contributed by atoms with E-state index in [0.717, 1.165) is 17.2 Å². The van der Waals surface area contributed by atoms with Crippen LogP contribution in [0.2, 0.25) is 0 Å². The highest BCUT2D eigenvalue weighted by molar-refractivity contribution is 5.57. The Balaban J connectivity index is 1.86. The molecule has 3 rings (SSSR count). The molecule has 2 aromatic heterocycles. The third kappa shape index (κ3) is 2.49. The molecule has 1 saturated heterocycles. The molecule has 5 heteroatoms. The average molecular weight is 273 g/mol. The average Bonchev–Trinajstić information content (AvgIpc) is 2.92. The van der Waals surface area contributed by atoms with Crippen LogP contribution in [0.1, 0.15) is 6.42 Å². The summed E-state index contributed by atoms with van der Waals surface area (Å²) >= 11 is 0. The van der Waals surface area contributed by atoms with Gasteiger partial charge in [-0.15, -0.1) is 0 Å². The molecule has 1 unspecified atom stereocenters. The molecule has 20 heavy (non-hydrogen) atoms. The molecule has 0 radical (unpaired) electrons. The van der Waals surface area contributed by atoms with Crippen LogP contribution in [-0.2, 0) is 0 Å². The van der Waals surface area contributed by atoms with Gasteiger partial charge in [0.15, 0.2) is 5.67 Å². The van der Waals surface area contributed by atoms with Crippen molar-refractivity contribution in [3.8, 4) is 11.4 Å². The van der Waals surface area contributed by atoms with Gasteiger partial charge in [-0.1, -0.05) is 12.1 Å². The largest absolute Gasteiger partial charge is 0.393 e. The Morgan fingerprint density at radius 2 is 2.05 bits per heavy atom. The maximum Gasteiger partial charge on any atom is 0.152 e. The molecular weight excluding hydrogens is 257 g/mol. The van der Waals surface area contributed by atoms with Gasteiger partial charge in [0.05, 0.1) is 24.5 Å². The maximum atomic E-state index is 14.1. The van der Waals surface area contributed by atoms with E-state index in [9.17, 15) is 4.39 Å². The van der Waals surface area contributed by atoms with E-state index in [2.05, 4.69) is 9.97 Å². The lowest BCUT2D eigenvalue weighted by Crippen LogP contribution is -2.32. The third-order valence-corrected chi connectivity index (χ3v) is 3.57. The van der Waals surface area contributed by atoms with Crippen molar-refractivity contribution in [1.82, 2.24) is 9.97 Å². The lowest BCUT2D eigenvalue weighted by Gasteiger charge is -2.20. The fourth-order valence-corrected chi connectivity index (χ4v) is 2.42. The Morgan fingerprint density at radius 1 is 1.20 bits per heavy atom. The lowest BCUT2D eigenvalue weighted by atomic mass is 10.1. The summed E-state index contributed by atoms with van der Waals surface area (Å²) in [4.78, 5) is 10.7. The first-order chi connectivity index (χ1) is 9.70. The van der Waals surface area contributed by atoms with Gasteiger partial charge in [0, 0.05) is 19.2 Å². The van der Waals surface area contributed by atoms with Gasteiger partial charge in [-0.05, 0) is 24.3 Å². The van der Waals surface area contributed by atoms with Crippen molar-refractivity contribution >= 4 is 5.82 Å². The van der Waals surface area contributed by atoms with Crippen LogP contribution in [0.4, 0.5) is 10.2 Å². The summed E-state index contributed by atoms with van der Waals surface area (Å²) in [6.07, 6.45) is 2.05. The molecule has 0 bridgehead atoms. The fraction of sp³-hybridized carbons (Fsp3) is 0.333. The van der Waals surface area contributed by atoms with Gasteiger partial charge < -0.3 is 10.0 Å². The third-order valence-electron chi connectivity index (χ3n) is 3.57. The van der Waals surface area contributed by atoms with E-state index in [1.54, 1.807) is 6.20 Å². The zero-order valence-electron chi connectivity index (χ0n) is 11.0. The predicted octanol–water partition coefficient (Wildman–Crippen LogP) is 2.05. The first-order valence-electron chi connectivity index (χ1n) is 6.63. The van der Waals surface area contributed by atoms with Crippen molar-refractivity contribution in [2.45, 2.75) is 12.1 Å². The van der Waals surface area contributed by atoms with Gasteiger partial charge in [-0.25, -0.2) is 9.37 Å². The number of alkyl halides is 1. The molecule has 1 atom stereocenters. The number of aliphatic hydroxyl groups is 1. The smallest absolute Gasteiger partial charge is 0.152 e. The molecule has 0 spiro atoms. The molecule has 0 aromatic carbocycles. The van der Waals surface area contributed by atoms with Crippen molar-refractivity contribution in [2.75, 3.05) is 24.6 Å². The zero-order valence-corrected chi connectivity index (χ0v) is 11.0. The number of hydrogen-bond donors (Lipinski definition) is 1. The summed E-state index contributed by atoms with van der Waals surface area (Å²) in [5.41, 5.74) is 0.0496. The Morgan fingerprint density at radius 3 is 2.75 bits per heavy atom. The van der Waals surface area contributed by atoms with E-state index in [4.69, 9.17) is 5.11 Å². The predicted molar refractivity (Wildman–Crippen MR) is 75.2 cm³/mol. The summed E-state index contributed by atoms with van der Waals surface area (Å²) < 4.78 is 14.1. The summed E-state index contributed by atoms with van der Waals surface area (Å²) in [5.74, 6) is 0.723. The Hall–Kier alpha value is -2.01. The van der Waals surface area contributed by atoms with Crippen LogP contribution in [0.25, 0.3) is 11.4 Å². The molecule has 1 aliphatic rings. The SMILES string of the molecule is OCC1(F)CCN(c2cccc(-c3ccccn3)n2)C1. The number of hydrogen-bond acceptors (Lipinski definition) is 4. The number of aromatic nitrogens is 2. The standard InChI is InChI=1S/C15H16FN3O/c16-15(11-20)7-9-19(10-15)14-6-3-5-13(18-14)12-4-1-2-8-17-12/h1-6,8,20H,7,9-11H2. The van der Waals surface area contributed by atoms with Crippen molar-refractivity contribution in [1.29, 1.82) is 0 Å². The number of rotatable bonds is 3. The molecule has 1 N–H and O–H groups in total. The molecule has 2 aromatic rings. The second-order valence-corrected chi connectivity index (χ2v) is 5.08. The van der Waals surface area contributed by atoms with Gasteiger partial charge >= 0.3 is 0 Å². The molecule has 0 aliphatic carbocycles. The summed E-state index contributed by atoms with van der Waals surface area (Å²) in [5, 5.41) is 9.09. The highest BCUT2D eigenvalue weighted by Gasteiger charge is 2.38. The van der Waals surface area contributed by atoms with Crippen molar-refractivity contribution < 1.29 is 9.50 Å². The van der Waals surface area contributed by atoms with Crippen LogP contribution in [0.3, 0.4) is 0 Å². The lowest BCUT2D eigenvalue weighted by molar-refractivity contribution is 0.0909. The van der Waals surface area contributed by atoms with E-state index in [-0.39, 0.29) is 6.54 Å². The fourth-order valence-electron chi connectivity index (χ4n) is 2.42. The van der Waals surface area contributed by atoms with Crippen LogP contribution >= 0.6 is 0 Å². The molecular formula is C15H16FN3O. The summed E-state index contributed by atoms with van der Waals surface area (Å²) in [6, 6.07) is 11.3. The van der Waals surface area contributed by atoms with Crippen LogP contribution in [-0.4, -0.2) is 40.4 Å². The van der Waals surface area contributed by atoms with Crippen molar-refractivity contribution in [3.63, 3.8) is 0 Å². The van der Waals surface area contributed by atoms with Gasteiger partial charge in [0.2, 0.25) is 0 Å². The Labute approximate surface area is 116 Å². The van der Waals surface area contributed by atoms with E-state index >= 15 is 0 Å². The number of aliphatic hydroxyl groups excluding tert-OH is 1. The highest BCUT2D eigenvalue weighted by atomic mass is 19.1. The molecule has 4 nitrogen and oxygen atoms in total. The van der Waals surface area contributed by atoms with E-state index in [1.165, 1.54) is 0 Å². The minimum atomic E-state index is -1.51. The molecule has 104 valence electrons. The maximum absolute atomic E-state index is 14.1. The monoisotopic (exact) mass is 273 g/mol. The molecule has 0 amide bonds. The first-order valence-corrected chi connectivity index (χ1v) is 6.63. The molecule has 1 aliphatic heterocycles. The van der Waals surface area contributed by atoms with Gasteiger partial charge in [-0.2, -0.15) is 0 Å².